The second-order valence-corrected chi connectivity index (χ2v) is 10.5. The van der Waals surface area contributed by atoms with Gasteiger partial charge in [-0.25, -0.2) is 4.79 Å². The second kappa shape index (κ2) is 8.43. The smallest absolute Gasteiger partial charge is 0.335 e. The van der Waals surface area contributed by atoms with Gasteiger partial charge in [0, 0.05) is 0 Å². The molecule has 3 heteroatoms. The van der Waals surface area contributed by atoms with Crippen LogP contribution < -0.4 is 15.9 Å². The minimum Gasteiger partial charge on any atom is -0.478 e. The molecule has 0 fully saturated rings. The van der Waals surface area contributed by atoms with Gasteiger partial charge in [0.1, 0.15) is 23.2 Å². The second-order valence-electron chi connectivity index (χ2n) is 6.98. The van der Waals surface area contributed by atoms with Crippen molar-refractivity contribution < 1.29 is 9.90 Å². The fraction of sp³-hybridized carbons (Fsp3) is 0.0385. The first kappa shape index (κ1) is 19.1. The molecule has 0 spiro atoms. The van der Waals surface area contributed by atoms with Crippen molar-refractivity contribution in [3.8, 4) is 0 Å². The Morgan fingerprint density at radius 1 is 0.586 bits per heavy atom. The Labute approximate surface area is 171 Å². The summed E-state index contributed by atoms with van der Waals surface area (Å²) in [4.78, 5) is 11.3. The average Bonchev–Trinajstić information content (AvgIpc) is 2.79. The maximum atomic E-state index is 11.3. The van der Waals surface area contributed by atoms with Gasteiger partial charge in [-0.05, 0) is 54.1 Å². The van der Waals surface area contributed by atoms with Gasteiger partial charge in [0.2, 0.25) is 0 Å². The zero-order valence-corrected chi connectivity index (χ0v) is 16.9. The van der Waals surface area contributed by atoms with E-state index in [0.717, 1.165) is 11.7 Å². The topological polar surface area (TPSA) is 37.3 Å². The molecule has 4 rings (SSSR count). The number of carboxylic acids is 1. The van der Waals surface area contributed by atoms with Gasteiger partial charge in [0.25, 0.3) is 0 Å². The SMILES string of the molecule is O=C(O)c1ccc(C[P+](c2ccccc2)(c2ccccc2)c2ccccc2)cc1. The molecular formula is C26H22O2P+. The minimum absolute atomic E-state index is 0.316. The van der Waals surface area contributed by atoms with Crippen LogP contribution in [0.1, 0.15) is 15.9 Å². The Hall–Kier alpha value is -3.22. The van der Waals surface area contributed by atoms with Crippen LogP contribution >= 0.6 is 7.26 Å². The Bertz CT molecular complexity index is 979. The molecule has 0 amide bonds. The molecule has 0 aliphatic rings. The third-order valence-electron chi connectivity index (χ3n) is 5.21. The number of rotatable bonds is 6. The summed E-state index contributed by atoms with van der Waals surface area (Å²) < 4.78 is 0. The predicted octanol–water partition coefficient (Wildman–Crippen LogP) is 4.88. The Balaban J connectivity index is 1.93. The zero-order valence-electron chi connectivity index (χ0n) is 16.0. The fourth-order valence-electron chi connectivity index (χ4n) is 3.80. The molecule has 0 unspecified atom stereocenters. The van der Waals surface area contributed by atoms with Gasteiger partial charge in [0.05, 0.1) is 11.7 Å². The molecule has 0 saturated heterocycles. The number of carbonyl (C=O) groups is 1. The van der Waals surface area contributed by atoms with E-state index >= 15 is 0 Å². The van der Waals surface area contributed by atoms with Gasteiger partial charge in [-0.3, -0.25) is 0 Å². The van der Waals surface area contributed by atoms with Gasteiger partial charge in [-0.15, -0.1) is 0 Å². The highest BCUT2D eigenvalue weighted by atomic mass is 31.2. The van der Waals surface area contributed by atoms with Gasteiger partial charge in [0.15, 0.2) is 0 Å². The van der Waals surface area contributed by atoms with E-state index in [0.29, 0.717) is 5.56 Å². The standard InChI is InChI=1S/C26H21O2P/c27-26(28)22-18-16-21(17-19-22)20-29(23-10-4-1-5-11-23,24-12-6-2-7-13-24)25-14-8-3-9-15-25/h1-19H,20H2/p+1. The molecular weight excluding hydrogens is 375 g/mol. The summed E-state index contributed by atoms with van der Waals surface area (Å²) in [5.41, 5.74) is 1.46. The molecule has 0 aliphatic heterocycles. The lowest BCUT2D eigenvalue weighted by atomic mass is 10.1. The van der Waals surface area contributed by atoms with Crippen molar-refractivity contribution in [2.45, 2.75) is 6.16 Å². The summed E-state index contributed by atoms with van der Waals surface area (Å²) in [6.07, 6.45) is 0.838. The highest BCUT2D eigenvalue weighted by molar-refractivity contribution is 7.95. The number of carboxylic acid groups (broad SMARTS) is 1. The van der Waals surface area contributed by atoms with E-state index in [-0.39, 0.29) is 0 Å². The molecule has 0 aromatic heterocycles. The summed E-state index contributed by atoms with van der Waals surface area (Å²) >= 11 is 0. The van der Waals surface area contributed by atoms with Crippen molar-refractivity contribution in [1.29, 1.82) is 0 Å². The van der Waals surface area contributed by atoms with E-state index < -0.39 is 13.2 Å². The largest absolute Gasteiger partial charge is 0.478 e. The van der Waals surface area contributed by atoms with Crippen LogP contribution in [0.3, 0.4) is 0 Å². The van der Waals surface area contributed by atoms with Crippen LogP contribution in [0.25, 0.3) is 0 Å². The Morgan fingerprint density at radius 3 is 1.31 bits per heavy atom. The molecule has 4 aromatic carbocycles. The molecule has 0 saturated carbocycles. The maximum absolute atomic E-state index is 11.3. The molecule has 0 atom stereocenters. The number of aromatic carboxylic acids is 1. The van der Waals surface area contributed by atoms with Crippen LogP contribution in [-0.2, 0) is 6.16 Å². The Kier molecular flexibility index (Phi) is 5.55. The van der Waals surface area contributed by atoms with Crippen molar-refractivity contribution in [3.63, 3.8) is 0 Å². The fourth-order valence-corrected chi connectivity index (χ4v) is 8.04. The first-order valence-electron chi connectivity index (χ1n) is 9.57. The predicted molar refractivity (Wildman–Crippen MR) is 122 cm³/mol. The molecule has 4 aromatic rings. The zero-order chi connectivity index (χ0) is 20.1. The van der Waals surface area contributed by atoms with Gasteiger partial charge >= 0.3 is 5.97 Å². The molecule has 0 bridgehead atoms. The van der Waals surface area contributed by atoms with Crippen LogP contribution in [0.5, 0.6) is 0 Å². The maximum Gasteiger partial charge on any atom is 0.335 e. The number of benzene rings is 4. The summed E-state index contributed by atoms with van der Waals surface area (Å²) in [6, 6.07) is 39.4. The first-order valence-corrected chi connectivity index (χ1v) is 11.5. The highest BCUT2D eigenvalue weighted by Gasteiger charge is 2.45. The lowest BCUT2D eigenvalue weighted by Crippen LogP contribution is -2.32. The van der Waals surface area contributed by atoms with Gasteiger partial charge in [-0.2, -0.15) is 0 Å². The van der Waals surface area contributed by atoms with E-state index in [9.17, 15) is 9.90 Å². The van der Waals surface area contributed by atoms with Gasteiger partial charge < -0.3 is 5.11 Å². The Morgan fingerprint density at radius 2 is 0.966 bits per heavy atom. The average molecular weight is 397 g/mol. The number of hydrogen-bond donors (Lipinski definition) is 1. The third kappa shape index (κ3) is 3.85. The monoisotopic (exact) mass is 397 g/mol. The van der Waals surface area contributed by atoms with Crippen molar-refractivity contribution in [2.75, 3.05) is 0 Å². The summed E-state index contributed by atoms with van der Waals surface area (Å²) in [7, 11) is -1.96. The van der Waals surface area contributed by atoms with Crippen LogP contribution in [0.4, 0.5) is 0 Å². The van der Waals surface area contributed by atoms with E-state index in [1.54, 1.807) is 12.1 Å². The normalized spacial score (nSPS) is 11.2. The molecule has 0 radical (unpaired) electrons. The van der Waals surface area contributed by atoms with E-state index in [1.807, 2.05) is 12.1 Å². The van der Waals surface area contributed by atoms with Crippen LogP contribution in [0, 0.1) is 0 Å². The van der Waals surface area contributed by atoms with Crippen molar-refractivity contribution in [2.24, 2.45) is 0 Å². The van der Waals surface area contributed by atoms with Crippen molar-refractivity contribution in [3.05, 3.63) is 126 Å². The van der Waals surface area contributed by atoms with Gasteiger partial charge in [-0.1, -0.05) is 66.7 Å². The molecule has 2 nitrogen and oxygen atoms in total. The molecule has 1 N–H and O–H groups in total. The molecule has 0 aliphatic carbocycles. The van der Waals surface area contributed by atoms with Crippen molar-refractivity contribution >= 4 is 29.1 Å². The van der Waals surface area contributed by atoms with E-state index in [2.05, 4.69) is 91.0 Å². The van der Waals surface area contributed by atoms with Crippen LogP contribution in [-0.4, -0.2) is 11.1 Å². The van der Waals surface area contributed by atoms with Crippen LogP contribution in [0.2, 0.25) is 0 Å². The highest BCUT2D eigenvalue weighted by Crippen LogP contribution is 2.58. The van der Waals surface area contributed by atoms with Crippen molar-refractivity contribution in [1.82, 2.24) is 0 Å². The minimum atomic E-state index is -1.96. The number of hydrogen-bond acceptors (Lipinski definition) is 1. The quantitative estimate of drug-likeness (QED) is 0.471. The summed E-state index contributed by atoms with van der Waals surface area (Å²) in [5, 5.41) is 13.2. The molecule has 142 valence electrons. The van der Waals surface area contributed by atoms with Crippen LogP contribution in [0.15, 0.2) is 115 Å². The summed E-state index contributed by atoms with van der Waals surface area (Å²) in [6.45, 7) is 0. The lowest BCUT2D eigenvalue weighted by Gasteiger charge is -2.27. The third-order valence-corrected chi connectivity index (χ3v) is 9.59. The lowest BCUT2D eigenvalue weighted by molar-refractivity contribution is 0.0697. The van der Waals surface area contributed by atoms with E-state index in [1.165, 1.54) is 15.9 Å². The molecule has 0 heterocycles. The van der Waals surface area contributed by atoms with E-state index in [4.69, 9.17) is 0 Å². The summed E-state index contributed by atoms with van der Waals surface area (Å²) in [5.74, 6) is -0.896. The first-order chi connectivity index (χ1) is 14.2. The molecule has 29 heavy (non-hydrogen) atoms.